The molecule has 1 aliphatic heterocycles. The van der Waals surface area contributed by atoms with Gasteiger partial charge in [-0.2, -0.15) is 0 Å². The third kappa shape index (κ3) is 2.31. The molecule has 1 amide bonds. The predicted molar refractivity (Wildman–Crippen MR) is 94.2 cm³/mol. The molecule has 1 atom stereocenters. The van der Waals surface area contributed by atoms with Crippen LogP contribution in [0.15, 0.2) is 59.5 Å². The molecule has 0 saturated carbocycles. The van der Waals surface area contributed by atoms with Gasteiger partial charge in [-0.25, -0.2) is 0 Å². The average Bonchev–Trinajstić information content (AvgIpc) is 2.93. The van der Waals surface area contributed by atoms with Gasteiger partial charge in [-0.1, -0.05) is 42.5 Å². The lowest BCUT2D eigenvalue weighted by molar-refractivity contribution is 0.0949. The molecule has 3 aromatic rings. The van der Waals surface area contributed by atoms with Crippen molar-refractivity contribution in [3.8, 4) is 0 Å². The lowest BCUT2D eigenvalue weighted by Gasteiger charge is -2.12. The van der Waals surface area contributed by atoms with Gasteiger partial charge in [0, 0.05) is 24.2 Å². The number of carbonyl (C=O) groups excluding carboxylic acids is 1. The summed E-state index contributed by atoms with van der Waals surface area (Å²) >= 11 is 0. The maximum atomic E-state index is 12.7. The van der Waals surface area contributed by atoms with Crippen molar-refractivity contribution in [2.75, 3.05) is 0 Å². The quantitative estimate of drug-likeness (QED) is 0.807. The van der Waals surface area contributed by atoms with Crippen molar-refractivity contribution in [1.82, 2.24) is 9.88 Å². The van der Waals surface area contributed by atoms with Gasteiger partial charge in [0.05, 0.1) is 5.52 Å². The minimum Gasteiger partial charge on any atom is -0.348 e. The summed E-state index contributed by atoms with van der Waals surface area (Å²) in [6, 6.07) is 15.7. The van der Waals surface area contributed by atoms with Crippen molar-refractivity contribution in [1.29, 1.82) is 0 Å². The van der Waals surface area contributed by atoms with Crippen molar-refractivity contribution >= 4 is 16.8 Å². The normalized spacial score (nSPS) is 15.6. The van der Waals surface area contributed by atoms with E-state index in [-0.39, 0.29) is 22.9 Å². The van der Waals surface area contributed by atoms with Crippen LogP contribution in [0.1, 0.15) is 34.5 Å². The highest BCUT2D eigenvalue weighted by atomic mass is 16.2. The first-order chi connectivity index (χ1) is 11.6. The Morgan fingerprint density at radius 1 is 1.17 bits per heavy atom. The molecule has 1 aliphatic rings. The molecule has 0 aliphatic carbocycles. The maximum Gasteiger partial charge on any atom is 0.257 e. The number of hydrogen-bond acceptors (Lipinski definition) is 2. The van der Waals surface area contributed by atoms with Gasteiger partial charge in [0.15, 0.2) is 0 Å². The summed E-state index contributed by atoms with van der Waals surface area (Å²) in [5.74, 6) is -0.320. The van der Waals surface area contributed by atoms with Gasteiger partial charge in [0.1, 0.15) is 5.56 Å². The molecule has 2 heterocycles. The van der Waals surface area contributed by atoms with Crippen LogP contribution in [-0.2, 0) is 13.0 Å². The summed E-state index contributed by atoms with van der Waals surface area (Å²) in [4.78, 5) is 25.3. The van der Waals surface area contributed by atoms with Gasteiger partial charge in [-0.05, 0) is 30.5 Å². The molecule has 0 spiro atoms. The molecule has 4 nitrogen and oxygen atoms in total. The highest BCUT2D eigenvalue weighted by molar-refractivity contribution is 5.98. The molecule has 120 valence electrons. The van der Waals surface area contributed by atoms with Crippen LogP contribution in [0.25, 0.3) is 10.9 Å². The number of amides is 1. The molecule has 1 N–H and O–H groups in total. The smallest absolute Gasteiger partial charge is 0.257 e. The lowest BCUT2D eigenvalue weighted by Crippen LogP contribution is -2.29. The van der Waals surface area contributed by atoms with Gasteiger partial charge in [0.2, 0.25) is 5.43 Å². The first kappa shape index (κ1) is 14.7. The fourth-order valence-corrected chi connectivity index (χ4v) is 3.45. The van der Waals surface area contributed by atoms with Crippen LogP contribution in [0.5, 0.6) is 0 Å². The number of hydrogen-bond donors (Lipinski definition) is 1. The van der Waals surface area contributed by atoms with E-state index in [1.807, 2.05) is 42.5 Å². The molecule has 0 bridgehead atoms. The van der Waals surface area contributed by atoms with Crippen LogP contribution >= 0.6 is 0 Å². The number of nitrogens with one attached hydrogen (secondary N) is 1. The fourth-order valence-electron chi connectivity index (χ4n) is 3.45. The van der Waals surface area contributed by atoms with Gasteiger partial charge in [0.25, 0.3) is 5.91 Å². The minimum absolute atomic E-state index is 0.192. The van der Waals surface area contributed by atoms with Gasteiger partial charge >= 0.3 is 0 Å². The number of benzene rings is 2. The summed E-state index contributed by atoms with van der Waals surface area (Å²) in [5, 5.41) is 3.48. The zero-order valence-electron chi connectivity index (χ0n) is 13.5. The highest BCUT2D eigenvalue weighted by Gasteiger charge is 2.24. The summed E-state index contributed by atoms with van der Waals surface area (Å²) in [7, 11) is 0. The number of carbonyl (C=O) groups is 1. The number of para-hydroxylation sites is 1. The van der Waals surface area contributed by atoms with Crippen LogP contribution in [-0.4, -0.2) is 10.5 Å². The molecule has 0 fully saturated rings. The SMILES string of the molecule is CC1Cc2cccc3c(=O)c(C(=O)NCc4ccccc4)cn1c23. The average molecular weight is 318 g/mol. The second kappa shape index (κ2) is 5.64. The van der Waals surface area contributed by atoms with E-state index in [1.165, 1.54) is 5.56 Å². The van der Waals surface area contributed by atoms with Crippen molar-refractivity contribution in [3.63, 3.8) is 0 Å². The zero-order chi connectivity index (χ0) is 16.7. The number of aromatic nitrogens is 1. The number of nitrogens with zero attached hydrogens (tertiary/aromatic N) is 1. The summed E-state index contributed by atoms with van der Waals surface area (Å²) in [5.41, 5.74) is 3.17. The van der Waals surface area contributed by atoms with Crippen LogP contribution in [0, 0.1) is 0 Å². The topological polar surface area (TPSA) is 51.1 Å². The van der Waals surface area contributed by atoms with E-state index >= 15 is 0 Å². The Kier molecular flexibility index (Phi) is 3.45. The maximum absolute atomic E-state index is 12.7. The third-order valence-corrected chi connectivity index (χ3v) is 4.67. The van der Waals surface area contributed by atoms with E-state index < -0.39 is 0 Å². The van der Waals surface area contributed by atoms with Crippen LogP contribution in [0.2, 0.25) is 0 Å². The van der Waals surface area contributed by atoms with E-state index in [0.717, 1.165) is 17.5 Å². The Balaban J connectivity index is 1.72. The second-order valence-corrected chi connectivity index (χ2v) is 6.31. The molecule has 4 rings (SSSR count). The van der Waals surface area contributed by atoms with E-state index in [4.69, 9.17) is 0 Å². The van der Waals surface area contributed by atoms with Crippen LogP contribution in [0.4, 0.5) is 0 Å². The van der Waals surface area contributed by atoms with E-state index in [1.54, 1.807) is 6.20 Å². The predicted octanol–water partition coefficient (Wildman–Crippen LogP) is 3.05. The summed E-state index contributed by atoms with van der Waals surface area (Å²) in [6.45, 7) is 2.52. The molecule has 4 heteroatoms. The second-order valence-electron chi connectivity index (χ2n) is 6.31. The molecule has 1 unspecified atom stereocenters. The number of rotatable bonds is 3. The Hall–Kier alpha value is -2.88. The molecule has 2 aromatic carbocycles. The fraction of sp³-hybridized carbons (Fsp3) is 0.200. The monoisotopic (exact) mass is 318 g/mol. The zero-order valence-corrected chi connectivity index (χ0v) is 13.5. The minimum atomic E-state index is -0.320. The third-order valence-electron chi connectivity index (χ3n) is 4.67. The van der Waals surface area contributed by atoms with Gasteiger partial charge < -0.3 is 9.88 Å². The molecular formula is C20H18N2O2. The number of pyridine rings is 1. The summed E-state index contributed by atoms with van der Waals surface area (Å²) < 4.78 is 2.06. The first-order valence-corrected chi connectivity index (χ1v) is 8.14. The van der Waals surface area contributed by atoms with Crippen molar-refractivity contribution in [2.24, 2.45) is 0 Å². The Morgan fingerprint density at radius 3 is 2.75 bits per heavy atom. The van der Waals surface area contributed by atoms with Gasteiger partial charge in [-0.3, -0.25) is 9.59 Å². The lowest BCUT2D eigenvalue weighted by atomic mass is 10.1. The largest absolute Gasteiger partial charge is 0.348 e. The van der Waals surface area contributed by atoms with Crippen molar-refractivity contribution in [3.05, 3.63) is 81.6 Å². The molecular weight excluding hydrogens is 300 g/mol. The molecule has 24 heavy (non-hydrogen) atoms. The molecule has 1 aromatic heterocycles. The highest BCUT2D eigenvalue weighted by Crippen LogP contribution is 2.30. The molecule has 0 radical (unpaired) electrons. The van der Waals surface area contributed by atoms with Gasteiger partial charge in [-0.15, -0.1) is 0 Å². The van der Waals surface area contributed by atoms with Crippen LogP contribution in [0.3, 0.4) is 0 Å². The Bertz CT molecular complexity index is 990. The summed E-state index contributed by atoms with van der Waals surface area (Å²) in [6.07, 6.45) is 2.61. The molecule has 0 saturated heterocycles. The van der Waals surface area contributed by atoms with Crippen molar-refractivity contribution in [2.45, 2.75) is 25.9 Å². The van der Waals surface area contributed by atoms with Crippen molar-refractivity contribution < 1.29 is 4.79 Å². The van der Waals surface area contributed by atoms with E-state index in [2.05, 4.69) is 22.9 Å². The Labute approximate surface area is 139 Å². The van der Waals surface area contributed by atoms with E-state index in [9.17, 15) is 9.59 Å². The standard InChI is InChI=1S/C20H18N2O2/c1-13-10-15-8-5-9-16-18(15)22(13)12-17(19(16)23)20(24)21-11-14-6-3-2-4-7-14/h2-9,12-13H,10-11H2,1H3,(H,21,24). The Morgan fingerprint density at radius 2 is 1.96 bits per heavy atom. The first-order valence-electron chi connectivity index (χ1n) is 8.14. The van der Waals surface area contributed by atoms with Crippen LogP contribution < -0.4 is 10.7 Å². The van der Waals surface area contributed by atoms with E-state index in [0.29, 0.717) is 11.9 Å².